The smallest absolute Gasteiger partial charge is 0.222 e. The van der Waals surface area contributed by atoms with E-state index in [2.05, 4.69) is 17.2 Å². The van der Waals surface area contributed by atoms with Gasteiger partial charge in [0, 0.05) is 19.5 Å². The Morgan fingerprint density at radius 3 is 2.58 bits per heavy atom. The molecule has 1 unspecified atom stereocenters. The van der Waals surface area contributed by atoms with E-state index in [1.165, 1.54) is 6.08 Å². The molecular weight excluding hydrogens is 244 g/mol. The van der Waals surface area contributed by atoms with Gasteiger partial charge in [-0.05, 0) is 5.56 Å². The molecule has 0 aliphatic carbocycles. The fourth-order valence-corrected chi connectivity index (χ4v) is 1.52. The topological polar surface area (TPSA) is 81.3 Å². The highest BCUT2D eigenvalue weighted by Crippen LogP contribution is 1.98. The number of nitrogens with one attached hydrogen (secondary N) is 2. The molecule has 0 saturated carbocycles. The van der Waals surface area contributed by atoms with Crippen molar-refractivity contribution < 1.29 is 14.7 Å². The Balaban J connectivity index is 2.40. The van der Waals surface area contributed by atoms with Crippen LogP contribution in [0.5, 0.6) is 0 Å². The molecule has 0 radical (unpaired) electrons. The lowest BCUT2D eigenvalue weighted by Gasteiger charge is -2.18. The van der Waals surface area contributed by atoms with Gasteiger partial charge in [0.2, 0.25) is 5.91 Å². The van der Waals surface area contributed by atoms with E-state index >= 15 is 0 Å². The zero-order valence-corrected chi connectivity index (χ0v) is 10.6. The van der Waals surface area contributed by atoms with E-state index < -0.39 is 12.0 Å². The molecule has 2 N–H and O–H groups in total. The van der Waals surface area contributed by atoms with Crippen molar-refractivity contribution in [3.63, 3.8) is 0 Å². The maximum absolute atomic E-state index is 11.6. The van der Waals surface area contributed by atoms with Crippen LogP contribution in [0.1, 0.15) is 12.0 Å². The Kier molecular flexibility index (Phi) is 6.32. The molecule has 1 aromatic carbocycles. The number of carbonyl (C=O) groups is 2. The molecule has 0 bridgehead atoms. The fraction of sp³-hybridized carbons (Fsp3) is 0.286. The minimum Gasteiger partial charge on any atom is -0.548 e. The van der Waals surface area contributed by atoms with Gasteiger partial charge in [0.1, 0.15) is 0 Å². The summed E-state index contributed by atoms with van der Waals surface area (Å²) in [5.74, 6) is -1.63. The van der Waals surface area contributed by atoms with Gasteiger partial charge >= 0.3 is 0 Å². The van der Waals surface area contributed by atoms with Crippen LogP contribution in [0, 0.1) is 0 Å². The van der Waals surface area contributed by atoms with Crippen LogP contribution in [0.4, 0.5) is 0 Å². The summed E-state index contributed by atoms with van der Waals surface area (Å²) < 4.78 is 0. The number of hydrogen-bond acceptors (Lipinski definition) is 4. The van der Waals surface area contributed by atoms with Crippen LogP contribution in [-0.4, -0.2) is 24.5 Å². The molecule has 1 atom stereocenters. The highest BCUT2D eigenvalue weighted by Gasteiger charge is 2.13. The zero-order chi connectivity index (χ0) is 14.1. The van der Waals surface area contributed by atoms with Crippen molar-refractivity contribution in [2.24, 2.45) is 0 Å². The number of amides is 1. The van der Waals surface area contributed by atoms with Gasteiger partial charge in [-0.3, -0.25) is 4.79 Å². The van der Waals surface area contributed by atoms with Crippen molar-refractivity contribution in [3.05, 3.63) is 48.6 Å². The number of rotatable bonds is 8. The largest absolute Gasteiger partial charge is 0.548 e. The van der Waals surface area contributed by atoms with Gasteiger partial charge in [-0.15, -0.1) is 6.58 Å². The number of benzene rings is 1. The minimum atomic E-state index is -1.29. The Hall–Kier alpha value is -2.14. The Bertz CT molecular complexity index is 432. The van der Waals surface area contributed by atoms with Crippen LogP contribution < -0.4 is 15.7 Å². The first-order valence-electron chi connectivity index (χ1n) is 5.99. The fourth-order valence-electron chi connectivity index (χ4n) is 1.52. The van der Waals surface area contributed by atoms with Crippen molar-refractivity contribution in [3.8, 4) is 0 Å². The highest BCUT2D eigenvalue weighted by molar-refractivity contribution is 5.83. The molecule has 19 heavy (non-hydrogen) atoms. The van der Waals surface area contributed by atoms with E-state index in [0.29, 0.717) is 13.1 Å². The van der Waals surface area contributed by atoms with Crippen molar-refractivity contribution >= 4 is 11.9 Å². The van der Waals surface area contributed by atoms with Crippen LogP contribution in [0.3, 0.4) is 0 Å². The maximum Gasteiger partial charge on any atom is 0.222 e. The summed E-state index contributed by atoms with van der Waals surface area (Å²) in [6, 6.07) is 8.39. The van der Waals surface area contributed by atoms with Gasteiger partial charge in [-0.1, -0.05) is 36.4 Å². The normalized spacial score (nSPS) is 11.6. The van der Waals surface area contributed by atoms with Gasteiger partial charge in [0.25, 0.3) is 0 Å². The zero-order valence-electron chi connectivity index (χ0n) is 10.6. The molecule has 0 aliphatic rings. The van der Waals surface area contributed by atoms with E-state index in [0.717, 1.165) is 5.56 Å². The van der Waals surface area contributed by atoms with Gasteiger partial charge in [0.15, 0.2) is 0 Å². The molecule has 0 aromatic heterocycles. The number of carbonyl (C=O) groups excluding carboxylic acids is 2. The standard InChI is InChI=1S/C14H18N2O3/c1-2-8-15-12(14(18)19)9-13(17)16-10-11-6-4-3-5-7-11/h2-7,12,15H,1,8-10H2,(H,16,17)(H,18,19)/p-1. The molecule has 1 rings (SSSR count). The van der Waals surface area contributed by atoms with Gasteiger partial charge < -0.3 is 20.5 Å². The summed E-state index contributed by atoms with van der Waals surface area (Å²) in [7, 11) is 0. The maximum atomic E-state index is 11.6. The predicted molar refractivity (Wildman–Crippen MR) is 69.9 cm³/mol. The van der Waals surface area contributed by atoms with E-state index in [1.807, 2.05) is 30.3 Å². The summed E-state index contributed by atoms with van der Waals surface area (Å²) in [4.78, 5) is 22.5. The monoisotopic (exact) mass is 261 g/mol. The second-order valence-electron chi connectivity index (χ2n) is 4.03. The van der Waals surface area contributed by atoms with Gasteiger partial charge in [-0.25, -0.2) is 0 Å². The van der Waals surface area contributed by atoms with E-state index in [-0.39, 0.29) is 12.3 Å². The number of hydrogen-bond donors (Lipinski definition) is 2. The number of aliphatic carboxylic acids is 1. The molecule has 0 spiro atoms. The van der Waals surface area contributed by atoms with E-state index in [1.54, 1.807) is 0 Å². The first-order chi connectivity index (χ1) is 9.13. The summed E-state index contributed by atoms with van der Waals surface area (Å²) >= 11 is 0. The van der Waals surface area contributed by atoms with Crippen LogP contribution in [0.15, 0.2) is 43.0 Å². The molecule has 1 aromatic rings. The quantitative estimate of drug-likeness (QED) is 0.623. The molecular formula is C14H17N2O3-. The number of carboxylic acids is 1. The highest BCUT2D eigenvalue weighted by atomic mass is 16.4. The summed E-state index contributed by atoms with van der Waals surface area (Å²) in [5, 5.41) is 16.1. The van der Waals surface area contributed by atoms with Crippen molar-refractivity contribution in [2.45, 2.75) is 19.0 Å². The SMILES string of the molecule is C=CCNC(CC(=O)NCc1ccccc1)C(=O)[O-]. The molecule has 0 saturated heterocycles. The summed E-state index contributed by atoms with van der Waals surface area (Å²) in [6.07, 6.45) is 1.36. The van der Waals surface area contributed by atoms with Crippen molar-refractivity contribution in [2.75, 3.05) is 6.54 Å². The molecule has 0 heterocycles. The summed E-state index contributed by atoms with van der Waals surface area (Å²) in [5.41, 5.74) is 0.958. The molecule has 1 amide bonds. The molecule has 102 valence electrons. The average molecular weight is 261 g/mol. The first-order valence-corrected chi connectivity index (χ1v) is 5.99. The Morgan fingerprint density at radius 1 is 1.32 bits per heavy atom. The lowest BCUT2D eigenvalue weighted by atomic mass is 10.2. The van der Waals surface area contributed by atoms with Crippen LogP contribution in [0.2, 0.25) is 0 Å². The van der Waals surface area contributed by atoms with E-state index in [9.17, 15) is 14.7 Å². The lowest BCUT2D eigenvalue weighted by Crippen LogP contribution is -2.48. The third-order valence-electron chi connectivity index (χ3n) is 2.52. The minimum absolute atomic E-state index is 0.164. The predicted octanol–water partition coefficient (Wildman–Crippen LogP) is -0.413. The van der Waals surface area contributed by atoms with Crippen LogP contribution in [-0.2, 0) is 16.1 Å². The molecule has 0 aliphatic heterocycles. The Morgan fingerprint density at radius 2 is 2.00 bits per heavy atom. The summed E-state index contributed by atoms with van der Waals surface area (Å²) in [6.45, 7) is 4.16. The third kappa shape index (κ3) is 5.83. The van der Waals surface area contributed by atoms with Crippen LogP contribution >= 0.6 is 0 Å². The van der Waals surface area contributed by atoms with Gasteiger partial charge in [-0.2, -0.15) is 0 Å². The molecule has 5 nitrogen and oxygen atoms in total. The molecule has 5 heteroatoms. The van der Waals surface area contributed by atoms with E-state index in [4.69, 9.17) is 0 Å². The lowest BCUT2D eigenvalue weighted by molar-refractivity contribution is -0.308. The first kappa shape index (κ1) is 14.9. The van der Waals surface area contributed by atoms with Crippen LogP contribution in [0.25, 0.3) is 0 Å². The van der Waals surface area contributed by atoms with Crippen molar-refractivity contribution in [1.82, 2.24) is 10.6 Å². The third-order valence-corrected chi connectivity index (χ3v) is 2.52. The second-order valence-corrected chi connectivity index (χ2v) is 4.03. The van der Waals surface area contributed by atoms with Gasteiger partial charge in [0.05, 0.1) is 12.0 Å². The second kappa shape index (κ2) is 8.05. The van der Waals surface area contributed by atoms with Crippen molar-refractivity contribution in [1.29, 1.82) is 0 Å². The number of carboxylic acid groups (broad SMARTS) is 1. The molecule has 0 fully saturated rings. The Labute approximate surface area is 112 Å². The average Bonchev–Trinajstić information content (AvgIpc) is 2.42.